The first-order valence-electron chi connectivity index (χ1n) is 8.48. The van der Waals surface area contributed by atoms with Crippen molar-refractivity contribution < 1.29 is 13.6 Å². The Kier molecular flexibility index (Phi) is 5.76. The molecule has 0 saturated heterocycles. The second kappa shape index (κ2) is 8.40. The maximum absolute atomic E-state index is 13.8. The third-order valence-electron chi connectivity index (χ3n) is 4.11. The van der Waals surface area contributed by atoms with Crippen LogP contribution < -0.4 is 10.2 Å². The Hall–Kier alpha value is -3.28. The lowest BCUT2D eigenvalue weighted by Gasteiger charge is -2.30. The average molecular weight is 367 g/mol. The van der Waals surface area contributed by atoms with Gasteiger partial charge in [0, 0.05) is 37.2 Å². The highest BCUT2D eigenvalue weighted by molar-refractivity contribution is 5.74. The van der Waals surface area contributed by atoms with E-state index in [1.165, 1.54) is 31.2 Å². The molecule has 0 fully saturated rings. The number of halogens is 2. The highest BCUT2D eigenvalue weighted by Gasteiger charge is 2.19. The highest BCUT2D eigenvalue weighted by Crippen LogP contribution is 2.28. The lowest BCUT2D eigenvalue weighted by atomic mass is 10.1. The van der Waals surface area contributed by atoms with Gasteiger partial charge in [-0.1, -0.05) is 18.2 Å². The summed E-state index contributed by atoms with van der Waals surface area (Å²) in [5, 5.41) is 2.89. The molecule has 1 unspecified atom stereocenters. The number of aromatic nitrogens is 1. The quantitative estimate of drug-likeness (QED) is 0.703. The standard InChI is InChI=1S/C21H19F2N3O/c1-15(27)25-21(16-5-7-17(22)8-6-16)14-26(19-9-11-24-12-10-19)20-4-2-3-18(23)13-20/h2-13,21H,14H2,1H3,(H,25,27). The van der Waals surface area contributed by atoms with Crippen LogP contribution >= 0.6 is 0 Å². The Bertz CT molecular complexity index is 901. The number of rotatable bonds is 6. The molecule has 138 valence electrons. The minimum Gasteiger partial charge on any atom is -0.348 e. The predicted octanol–water partition coefficient (Wildman–Crippen LogP) is 4.38. The van der Waals surface area contributed by atoms with Crippen LogP contribution in [0, 0.1) is 11.6 Å². The monoisotopic (exact) mass is 367 g/mol. The molecular formula is C21H19F2N3O. The van der Waals surface area contributed by atoms with E-state index in [0.717, 1.165) is 11.3 Å². The van der Waals surface area contributed by atoms with E-state index in [1.54, 1.807) is 48.8 Å². The number of hydrogen-bond donors (Lipinski definition) is 1. The van der Waals surface area contributed by atoms with Crippen LogP contribution in [0.15, 0.2) is 73.1 Å². The van der Waals surface area contributed by atoms with E-state index < -0.39 is 6.04 Å². The van der Waals surface area contributed by atoms with Crippen molar-refractivity contribution >= 4 is 17.3 Å². The molecule has 0 radical (unpaired) electrons. The van der Waals surface area contributed by atoms with E-state index >= 15 is 0 Å². The predicted molar refractivity (Wildman–Crippen MR) is 101 cm³/mol. The van der Waals surface area contributed by atoms with Crippen LogP contribution in [0.5, 0.6) is 0 Å². The molecular weight excluding hydrogens is 348 g/mol. The molecule has 3 rings (SSSR count). The van der Waals surface area contributed by atoms with Crippen molar-refractivity contribution in [2.24, 2.45) is 0 Å². The number of hydrogen-bond acceptors (Lipinski definition) is 3. The summed E-state index contributed by atoms with van der Waals surface area (Å²) in [4.78, 5) is 17.6. The zero-order chi connectivity index (χ0) is 19.2. The van der Waals surface area contributed by atoms with Crippen LogP contribution in [-0.4, -0.2) is 17.4 Å². The van der Waals surface area contributed by atoms with E-state index in [9.17, 15) is 13.6 Å². The van der Waals surface area contributed by atoms with E-state index in [0.29, 0.717) is 12.2 Å². The molecule has 1 N–H and O–H groups in total. The molecule has 3 aromatic rings. The second-order valence-corrected chi connectivity index (χ2v) is 6.10. The lowest BCUT2D eigenvalue weighted by molar-refractivity contribution is -0.119. The van der Waals surface area contributed by atoms with Gasteiger partial charge in [-0.25, -0.2) is 8.78 Å². The van der Waals surface area contributed by atoms with Crippen molar-refractivity contribution in [3.05, 3.63) is 90.3 Å². The molecule has 1 heterocycles. The van der Waals surface area contributed by atoms with Gasteiger partial charge in [0.2, 0.25) is 5.91 Å². The highest BCUT2D eigenvalue weighted by atomic mass is 19.1. The van der Waals surface area contributed by atoms with Gasteiger partial charge >= 0.3 is 0 Å². The first-order valence-corrected chi connectivity index (χ1v) is 8.48. The first kappa shape index (κ1) is 18.5. The van der Waals surface area contributed by atoms with Crippen molar-refractivity contribution in [1.29, 1.82) is 0 Å². The van der Waals surface area contributed by atoms with Crippen LogP contribution in [-0.2, 0) is 4.79 Å². The molecule has 0 aliphatic heterocycles. The summed E-state index contributed by atoms with van der Waals surface area (Å²) in [5.74, 6) is -0.917. The SMILES string of the molecule is CC(=O)NC(CN(c1ccncc1)c1cccc(F)c1)c1ccc(F)cc1. The second-order valence-electron chi connectivity index (χ2n) is 6.10. The number of anilines is 2. The molecule has 27 heavy (non-hydrogen) atoms. The number of pyridine rings is 1. The Balaban J connectivity index is 1.99. The lowest BCUT2D eigenvalue weighted by Crippen LogP contribution is -2.35. The number of carbonyl (C=O) groups is 1. The Morgan fingerprint density at radius 2 is 1.70 bits per heavy atom. The van der Waals surface area contributed by atoms with Crippen molar-refractivity contribution in [2.75, 3.05) is 11.4 Å². The van der Waals surface area contributed by atoms with Crippen LogP contribution in [0.25, 0.3) is 0 Å². The van der Waals surface area contributed by atoms with Gasteiger partial charge in [0.25, 0.3) is 0 Å². The zero-order valence-electron chi connectivity index (χ0n) is 14.8. The molecule has 1 aromatic heterocycles. The topological polar surface area (TPSA) is 45.2 Å². The van der Waals surface area contributed by atoms with Crippen LogP contribution in [0.2, 0.25) is 0 Å². The fraction of sp³-hybridized carbons (Fsp3) is 0.143. The van der Waals surface area contributed by atoms with Crippen LogP contribution in [0.1, 0.15) is 18.5 Å². The zero-order valence-corrected chi connectivity index (χ0v) is 14.8. The van der Waals surface area contributed by atoms with E-state index in [4.69, 9.17) is 0 Å². The van der Waals surface area contributed by atoms with E-state index in [1.807, 2.05) is 4.90 Å². The molecule has 2 aromatic carbocycles. The molecule has 1 atom stereocenters. The average Bonchev–Trinajstić information content (AvgIpc) is 2.66. The van der Waals surface area contributed by atoms with Gasteiger partial charge in [-0.3, -0.25) is 9.78 Å². The van der Waals surface area contributed by atoms with Gasteiger partial charge in [-0.2, -0.15) is 0 Å². The molecule has 1 amide bonds. The largest absolute Gasteiger partial charge is 0.348 e. The van der Waals surface area contributed by atoms with Crippen LogP contribution in [0.3, 0.4) is 0 Å². The minimum atomic E-state index is -0.417. The number of nitrogens with one attached hydrogen (secondary N) is 1. The maximum atomic E-state index is 13.8. The summed E-state index contributed by atoms with van der Waals surface area (Å²) in [5.41, 5.74) is 2.19. The smallest absolute Gasteiger partial charge is 0.217 e. The van der Waals surface area contributed by atoms with Gasteiger partial charge < -0.3 is 10.2 Å². The minimum absolute atomic E-state index is 0.210. The number of nitrogens with zero attached hydrogens (tertiary/aromatic N) is 2. The Morgan fingerprint density at radius 1 is 1.00 bits per heavy atom. The van der Waals surface area contributed by atoms with Crippen molar-refractivity contribution in [2.45, 2.75) is 13.0 Å². The summed E-state index contributed by atoms with van der Waals surface area (Å²) in [6.45, 7) is 1.76. The van der Waals surface area contributed by atoms with Crippen LogP contribution in [0.4, 0.5) is 20.2 Å². The van der Waals surface area contributed by atoms with Gasteiger partial charge in [0.15, 0.2) is 0 Å². The van der Waals surface area contributed by atoms with Gasteiger partial charge in [0.05, 0.1) is 6.04 Å². The molecule has 4 nitrogen and oxygen atoms in total. The Labute approximate surface area is 156 Å². The van der Waals surface area contributed by atoms with E-state index in [2.05, 4.69) is 10.3 Å². The third kappa shape index (κ3) is 4.88. The van der Waals surface area contributed by atoms with Crippen molar-refractivity contribution in [1.82, 2.24) is 10.3 Å². The molecule has 0 spiro atoms. The molecule has 0 bridgehead atoms. The summed E-state index contributed by atoms with van der Waals surface area (Å²) < 4.78 is 27.1. The fourth-order valence-corrected chi connectivity index (χ4v) is 2.89. The number of amides is 1. The van der Waals surface area contributed by atoms with Crippen molar-refractivity contribution in [3.63, 3.8) is 0 Å². The number of benzene rings is 2. The molecule has 0 aliphatic rings. The fourth-order valence-electron chi connectivity index (χ4n) is 2.89. The van der Waals surface area contributed by atoms with E-state index in [-0.39, 0.29) is 17.5 Å². The maximum Gasteiger partial charge on any atom is 0.217 e. The summed E-state index contributed by atoms with van der Waals surface area (Å²) in [6, 6.07) is 15.4. The molecule has 6 heteroatoms. The first-order chi connectivity index (χ1) is 13.0. The van der Waals surface area contributed by atoms with Gasteiger partial charge in [-0.05, 0) is 48.0 Å². The number of carbonyl (C=O) groups excluding carboxylic acids is 1. The van der Waals surface area contributed by atoms with Crippen molar-refractivity contribution in [3.8, 4) is 0 Å². The summed E-state index contributed by atoms with van der Waals surface area (Å²) >= 11 is 0. The molecule has 0 aliphatic carbocycles. The Morgan fingerprint density at radius 3 is 2.33 bits per heavy atom. The molecule has 0 saturated carbocycles. The van der Waals surface area contributed by atoms with Gasteiger partial charge in [0.1, 0.15) is 11.6 Å². The third-order valence-corrected chi connectivity index (χ3v) is 4.11. The summed E-state index contributed by atoms with van der Waals surface area (Å²) in [7, 11) is 0. The summed E-state index contributed by atoms with van der Waals surface area (Å²) in [6.07, 6.45) is 3.29. The van der Waals surface area contributed by atoms with Gasteiger partial charge in [-0.15, -0.1) is 0 Å². The normalized spacial score (nSPS) is 11.7.